The fourth-order valence-corrected chi connectivity index (χ4v) is 3.18. The van der Waals surface area contributed by atoms with Crippen LogP contribution in [-0.2, 0) is 0 Å². The Kier molecular flexibility index (Phi) is 8.65. The van der Waals surface area contributed by atoms with Gasteiger partial charge in [-0.1, -0.05) is 44.8 Å². The number of hydrogen-bond donors (Lipinski definition) is 0. The van der Waals surface area contributed by atoms with Crippen molar-refractivity contribution in [2.24, 2.45) is 11.8 Å². The van der Waals surface area contributed by atoms with Crippen LogP contribution in [0.4, 0.5) is 0 Å². The second-order valence-corrected chi connectivity index (χ2v) is 6.50. The van der Waals surface area contributed by atoms with Gasteiger partial charge in [0.2, 0.25) is 0 Å². The van der Waals surface area contributed by atoms with Gasteiger partial charge in [-0.3, -0.25) is 0 Å². The number of allylic oxidation sites excluding steroid dienone is 2. The minimum absolute atomic E-state index is 0.628. The molecule has 2 unspecified atom stereocenters. The lowest BCUT2D eigenvalue weighted by atomic mass is 9.95. The first-order valence-corrected chi connectivity index (χ1v) is 8.42. The maximum Gasteiger partial charge on any atom is 0.00506 e. The average molecular weight is 275 g/mol. The first kappa shape index (κ1) is 17.3. The Morgan fingerprint density at radius 2 is 2.10 bits per heavy atom. The lowest BCUT2D eigenvalue weighted by Gasteiger charge is -2.26. The molecule has 1 aliphatic carbocycles. The molecule has 1 aliphatic rings. The summed E-state index contributed by atoms with van der Waals surface area (Å²) in [7, 11) is 2.29. The molecular formula is C19H33N. The summed E-state index contributed by atoms with van der Waals surface area (Å²) < 4.78 is 0. The van der Waals surface area contributed by atoms with Gasteiger partial charge in [-0.05, 0) is 51.3 Å². The van der Waals surface area contributed by atoms with Gasteiger partial charge >= 0.3 is 0 Å². The van der Waals surface area contributed by atoms with Gasteiger partial charge in [-0.15, -0.1) is 5.73 Å². The van der Waals surface area contributed by atoms with Gasteiger partial charge in [0.15, 0.2) is 0 Å². The molecule has 1 rings (SSSR count). The molecule has 0 aliphatic heterocycles. The summed E-state index contributed by atoms with van der Waals surface area (Å²) in [4.78, 5) is 2.54. The lowest BCUT2D eigenvalue weighted by molar-refractivity contribution is 0.235. The molecule has 0 N–H and O–H groups in total. The Balaban J connectivity index is 2.42. The number of unbranched alkanes of at least 4 members (excludes halogenated alkanes) is 1. The van der Waals surface area contributed by atoms with Crippen LogP contribution in [0.5, 0.6) is 0 Å². The highest BCUT2D eigenvalue weighted by Gasteiger charge is 2.14. The fraction of sp³-hybridized carbons (Fsp3) is 0.737. The zero-order chi connectivity index (χ0) is 14.8. The standard InChI is InChI=1S/C19H33N/c1-5-7-12-18(10-6-2)15-20(4)16-19-13-9-8-11-17(3)14-19/h8,11,13,18-19H,5-7,10,12,14-16H2,1-4H3. The number of hydrogen-bond acceptors (Lipinski definition) is 1. The second kappa shape index (κ2) is 10.0. The molecule has 0 spiro atoms. The third-order valence-corrected chi connectivity index (χ3v) is 4.16. The second-order valence-electron chi connectivity index (χ2n) is 6.50. The molecular weight excluding hydrogens is 242 g/mol. The van der Waals surface area contributed by atoms with Gasteiger partial charge in [0, 0.05) is 19.0 Å². The van der Waals surface area contributed by atoms with Crippen molar-refractivity contribution < 1.29 is 0 Å². The zero-order valence-corrected chi connectivity index (χ0v) is 14.0. The minimum Gasteiger partial charge on any atom is -0.305 e. The highest BCUT2D eigenvalue weighted by atomic mass is 15.1. The highest BCUT2D eigenvalue weighted by Crippen LogP contribution is 2.19. The third kappa shape index (κ3) is 7.12. The van der Waals surface area contributed by atoms with Crippen LogP contribution in [0, 0.1) is 11.8 Å². The van der Waals surface area contributed by atoms with E-state index < -0.39 is 0 Å². The van der Waals surface area contributed by atoms with Crippen LogP contribution in [0.1, 0.15) is 59.3 Å². The smallest absolute Gasteiger partial charge is 0.00506 e. The SMILES string of the molecule is CCCCC(CCC)CN(C)CC1C=C=CC=C(C)C1. The van der Waals surface area contributed by atoms with E-state index in [2.05, 4.69) is 56.7 Å². The van der Waals surface area contributed by atoms with E-state index in [1.54, 1.807) is 0 Å². The molecule has 0 bridgehead atoms. The van der Waals surface area contributed by atoms with E-state index in [4.69, 9.17) is 0 Å². The van der Waals surface area contributed by atoms with Gasteiger partial charge < -0.3 is 4.90 Å². The third-order valence-electron chi connectivity index (χ3n) is 4.16. The zero-order valence-electron chi connectivity index (χ0n) is 14.0. The average Bonchev–Trinajstić information content (AvgIpc) is 2.60. The summed E-state index contributed by atoms with van der Waals surface area (Å²) in [6, 6.07) is 0. The van der Waals surface area contributed by atoms with E-state index in [0.29, 0.717) is 5.92 Å². The van der Waals surface area contributed by atoms with Crippen LogP contribution < -0.4 is 0 Å². The maximum atomic E-state index is 3.29. The van der Waals surface area contributed by atoms with Crippen molar-refractivity contribution in [3.05, 3.63) is 29.5 Å². The van der Waals surface area contributed by atoms with Gasteiger partial charge in [0.25, 0.3) is 0 Å². The molecule has 0 heterocycles. The first-order chi connectivity index (χ1) is 9.65. The monoisotopic (exact) mass is 275 g/mol. The van der Waals surface area contributed by atoms with Crippen molar-refractivity contribution in [3.63, 3.8) is 0 Å². The van der Waals surface area contributed by atoms with Crippen LogP contribution in [0.15, 0.2) is 29.5 Å². The van der Waals surface area contributed by atoms with Crippen molar-refractivity contribution >= 4 is 0 Å². The first-order valence-electron chi connectivity index (χ1n) is 8.42. The van der Waals surface area contributed by atoms with Gasteiger partial charge in [0.1, 0.15) is 0 Å². The van der Waals surface area contributed by atoms with Crippen LogP contribution in [0.3, 0.4) is 0 Å². The fourth-order valence-electron chi connectivity index (χ4n) is 3.18. The van der Waals surface area contributed by atoms with Crippen LogP contribution in [0.2, 0.25) is 0 Å². The molecule has 0 saturated heterocycles. The Morgan fingerprint density at radius 3 is 2.80 bits per heavy atom. The molecule has 0 aromatic heterocycles. The molecule has 0 amide bonds. The molecule has 1 heteroatoms. The molecule has 1 nitrogen and oxygen atoms in total. The van der Waals surface area contributed by atoms with Crippen molar-refractivity contribution in [3.8, 4) is 0 Å². The summed E-state index contributed by atoms with van der Waals surface area (Å²) in [6.07, 6.45) is 14.5. The van der Waals surface area contributed by atoms with E-state index in [0.717, 1.165) is 5.92 Å². The van der Waals surface area contributed by atoms with Crippen LogP contribution in [0.25, 0.3) is 0 Å². The van der Waals surface area contributed by atoms with Crippen molar-refractivity contribution in [1.29, 1.82) is 0 Å². The summed E-state index contributed by atoms with van der Waals surface area (Å²) in [5.74, 6) is 1.51. The Morgan fingerprint density at radius 1 is 1.30 bits per heavy atom. The Hall–Kier alpha value is -0.780. The van der Waals surface area contributed by atoms with Gasteiger partial charge in [-0.25, -0.2) is 0 Å². The molecule has 0 aromatic carbocycles. The normalized spacial score (nSPS) is 20.1. The molecule has 114 valence electrons. The van der Waals surface area contributed by atoms with E-state index in [1.165, 1.54) is 57.2 Å². The minimum atomic E-state index is 0.628. The Labute approximate surface area is 126 Å². The van der Waals surface area contributed by atoms with Crippen molar-refractivity contribution in [1.82, 2.24) is 4.90 Å². The van der Waals surface area contributed by atoms with E-state index >= 15 is 0 Å². The van der Waals surface area contributed by atoms with Crippen molar-refractivity contribution in [2.75, 3.05) is 20.1 Å². The molecule has 0 saturated carbocycles. The molecule has 2 atom stereocenters. The molecule has 20 heavy (non-hydrogen) atoms. The summed E-state index contributed by atoms with van der Waals surface area (Å²) in [5.41, 5.74) is 4.77. The van der Waals surface area contributed by atoms with Crippen LogP contribution >= 0.6 is 0 Å². The van der Waals surface area contributed by atoms with E-state index in [-0.39, 0.29) is 0 Å². The lowest BCUT2D eigenvalue weighted by Crippen LogP contribution is -2.30. The quantitative estimate of drug-likeness (QED) is 0.523. The summed E-state index contributed by atoms with van der Waals surface area (Å²) in [6.45, 7) is 9.25. The highest BCUT2D eigenvalue weighted by molar-refractivity contribution is 5.15. The topological polar surface area (TPSA) is 3.24 Å². The number of rotatable bonds is 9. The largest absolute Gasteiger partial charge is 0.305 e. The van der Waals surface area contributed by atoms with E-state index in [1.807, 2.05) is 0 Å². The number of nitrogens with zero attached hydrogens (tertiary/aromatic N) is 1. The summed E-state index contributed by atoms with van der Waals surface area (Å²) in [5, 5.41) is 0. The van der Waals surface area contributed by atoms with Crippen molar-refractivity contribution in [2.45, 2.75) is 59.3 Å². The molecule has 0 aromatic rings. The van der Waals surface area contributed by atoms with Gasteiger partial charge in [0.05, 0.1) is 0 Å². The van der Waals surface area contributed by atoms with Gasteiger partial charge in [-0.2, -0.15) is 0 Å². The van der Waals surface area contributed by atoms with E-state index in [9.17, 15) is 0 Å². The predicted octanol–water partition coefficient (Wildman–Crippen LogP) is 5.20. The summed E-state index contributed by atoms with van der Waals surface area (Å²) >= 11 is 0. The van der Waals surface area contributed by atoms with Crippen LogP contribution in [-0.4, -0.2) is 25.0 Å². The molecule has 0 radical (unpaired) electrons. The Bertz CT molecular complexity index is 347. The predicted molar refractivity (Wildman–Crippen MR) is 89.9 cm³/mol. The molecule has 0 fully saturated rings. The maximum absolute atomic E-state index is 3.29.